The third kappa shape index (κ3) is 6.99. The molecule has 0 radical (unpaired) electrons. The zero-order valence-corrected chi connectivity index (χ0v) is 20.6. The van der Waals surface area contributed by atoms with Crippen LogP contribution >= 0.6 is 0 Å². The van der Waals surface area contributed by atoms with E-state index in [2.05, 4.69) is 4.98 Å². The molecule has 0 aliphatic heterocycles. The number of ether oxygens (including phenoxy) is 5. The van der Waals surface area contributed by atoms with E-state index >= 15 is 0 Å². The second-order valence-corrected chi connectivity index (χ2v) is 7.24. The predicted molar refractivity (Wildman–Crippen MR) is 136 cm³/mol. The summed E-state index contributed by atoms with van der Waals surface area (Å²) < 4.78 is 28.6. The average molecular weight is 478 g/mol. The van der Waals surface area contributed by atoms with Crippen LogP contribution < -0.4 is 23.7 Å². The van der Waals surface area contributed by atoms with Gasteiger partial charge in [-0.2, -0.15) is 0 Å². The SMILES string of the molecule is CCOc1cc(/C=C/c2ccncc2)ccc1OC(=O)c1cc(OCC)c(OCC)c(OCC)c1. The Kier molecular flexibility index (Phi) is 9.54. The number of carbonyl (C=O) groups excluding carboxylic acids is 1. The maximum atomic E-state index is 13.1. The van der Waals surface area contributed by atoms with E-state index in [0.717, 1.165) is 11.1 Å². The molecule has 0 unspecified atom stereocenters. The third-order valence-corrected chi connectivity index (χ3v) is 4.79. The summed E-state index contributed by atoms with van der Waals surface area (Å²) in [5.41, 5.74) is 2.21. The predicted octanol–water partition coefficient (Wildman–Crippen LogP) is 6.07. The Labute approximate surface area is 206 Å². The molecule has 7 heteroatoms. The van der Waals surface area contributed by atoms with Crippen LogP contribution in [-0.2, 0) is 0 Å². The van der Waals surface area contributed by atoms with Crippen molar-refractivity contribution in [3.05, 3.63) is 71.5 Å². The summed E-state index contributed by atoms with van der Waals surface area (Å²) in [5.74, 6) is 1.55. The van der Waals surface area contributed by atoms with Gasteiger partial charge in [0.2, 0.25) is 5.75 Å². The number of hydrogen-bond acceptors (Lipinski definition) is 7. The van der Waals surface area contributed by atoms with E-state index in [1.54, 1.807) is 30.6 Å². The van der Waals surface area contributed by atoms with Gasteiger partial charge in [-0.05, 0) is 75.2 Å². The van der Waals surface area contributed by atoms with Crippen molar-refractivity contribution in [3.63, 3.8) is 0 Å². The summed E-state index contributed by atoms with van der Waals surface area (Å²) in [6, 6.07) is 12.4. The lowest BCUT2D eigenvalue weighted by Gasteiger charge is -2.17. The first-order valence-electron chi connectivity index (χ1n) is 11.7. The summed E-state index contributed by atoms with van der Waals surface area (Å²) in [6.45, 7) is 9.15. The van der Waals surface area contributed by atoms with Gasteiger partial charge < -0.3 is 23.7 Å². The smallest absolute Gasteiger partial charge is 0.343 e. The highest BCUT2D eigenvalue weighted by atomic mass is 16.6. The number of carbonyl (C=O) groups is 1. The van der Waals surface area contributed by atoms with E-state index in [4.69, 9.17) is 23.7 Å². The monoisotopic (exact) mass is 477 g/mol. The molecule has 0 spiro atoms. The van der Waals surface area contributed by atoms with Crippen molar-refractivity contribution >= 4 is 18.1 Å². The van der Waals surface area contributed by atoms with Gasteiger partial charge in [-0.3, -0.25) is 4.98 Å². The molecular formula is C28H31NO6. The van der Waals surface area contributed by atoms with Crippen molar-refractivity contribution in [2.24, 2.45) is 0 Å². The molecule has 0 fully saturated rings. The second-order valence-electron chi connectivity index (χ2n) is 7.24. The molecule has 7 nitrogen and oxygen atoms in total. The number of pyridine rings is 1. The van der Waals surface area contributed by atoms with E-state index < -0.39 is 5.97 Å². The largest absolute Gasteiger partial charge is 0.490 e. The van der Waals surface area contributed by atoms with Crippen molar-refractivity contribution < 1.29 is 28.5 Å². The number of benzene rings is 2. The molecule has 0 N–H and O–H groups in total. The molecule has 1 aromatic heterocycles. The first kappa shape index (κ1) is 25.6. The Morgan fingerprint density at radius 1 is 0.686 bits per heavy atom. The molecule has 1 heterocycles. The normalized spacial score (nSPS) is 10.7. The molecular weight excluding hydrogens is 446 g/mol. The van der Waals surface area contributed by atoms with Crippen molar-refractivity contribution in [1.29, 1.82) is 0 Å². The maximum Gasteiger partial charge on any atom is 0.343 e. The van der Waals surface area contributed by atoms with Crippen LogP contribution in [0.15, 0.2) is 54.9 Å². The fourth-order valence-electron chi connectivity index (χ4n) is 3.31. The highest BCUT2D eigenvalue weighted by molar-refractivity contribution is 5.93. The van der Waals surface area contributed by atoms with Crippen LogP contribution in [0.3, 0.4) is 0 Å². The summed E-state index contributed by atoms with van der Waals surface area (Å²) in [4.78, 5) is 17.1. The van der Waals surface area contributed by atoms with Crippen LogP contribution in [0.4, 0.5) is 0 Å². The zero-order chi connectivity index (χ0) is 25.0. The van der Waals surface area contributed by atoms with Crippen LogP contribution in [0.1, 0.15) is 49.2 Å². The van der Waals surface area contributed by atoms with Gasteiger partial charge in [-0.1, -0.05) is 18.2 Å². The summed E-state index contributed by atoms with van der Waals surface area (Å²) in [7, 11) is 0. The van der Waals surface area contributed by atoms with Gasteiger partial charge in [0.05, 0.1) is 32.0 Å². The van der Waals surface area contributed by atoms with E-state index in [0.29, 0.717) is 55.2 Å². The lowest BCUT2D eigenvalue weighted by Crippen LogP contribution is -2.12. The van der Waals surface area contributed by atoms with Gasteiger partial charge in [0, 0.05) is 12.4 Å². The minimum Gasteiger partial charge on any atom is -0.490 e. The van der Waals surface area contributed by atoms with Crippen molar-refractivity contribution in [2.45, 2.75) is 27.7 Å². The van der Waals surface area contributed by atoms with Crippen molar-refractivity contribution in [2.75, 3.05) is 26.4 Å². The van der Waals surface area contributed by atoms with Crippen molar-refractivity contribution in [1.82, 2.24) is 4.98 Å². The first-order chi connectivity index (χ1) is 17.1. The Balaban J connectivity index is 1.88. The molecule has 184 valence electrons. The molecule has 0 aliphatic carbocycles. The second kappa shape index (κ2) is 13.0. The molecule has 0 amide bonds. The Bertz CT molecular complexity index is 1120. The Morgan fingerprint density at radius 3 is 1.86 bits per heavy atom. The third-order valence-electron chi connectivity index (χ3n) is 4.79. The van der Waals surface area contributed by atoms with Crippen LogP contribution in [0.2, 0.25) is 0 Å². The highest BCUT2D eigenvalue weighted by Gasteiger charge is 2.20. The number of rotatable bonds is 12. The molecule has 0 aliphatic rings. The lowest BCUT2D eigenvalue weighted by molar-refractivity contribution is 0.0727. The maximum absolute atomic E-state index is 13.1. The minimum absolute atomic E-state index is 0.282. The van der Waals surface area contributed by atoms with Crippen LogP contribution in [-0.4, -0.2) is 37.4 Å². The molecule has 0 saturated carbocycles. The number of aromatic nitrogens is 1. The molecule has 2 aromatic carbocycles. The molecule has 0 atom stereocenters. The van der Waals surface area contributed by atoms with E-state index in [9.17, 15) is 4.79 Å². The van der Waals surface area contributed by atoms with Gasteiger partial charge in [0.1, 0.15) is 0 Å². The molecule has 35 heavy (non-hydrogen) atoms. The van der Waals surface area contributed by atoms with E-state index in [1.165, 1.54) is 0 Å². The van der Waals surface area contributed by atoms with Crippen LogP contribution in [0, 0.1) is 0 Å². The molecule has 0 saturated heterocycles. The topological polar surface area (TPSA) is 76.1 Å². The average Bonchev–Trinajstić information content (AvgIpc) is 2.87. The Hall–Kier alpha value is -4.00. The van der Waals surface area contributed by atoms with Gasteiger partial charge in [-0.15, -0.1) is 0 Å². The summed E-state index contributed by atoms with van der Waals surface area (Å²) in [5, 5.41) is 0. The van der Waals surface area contributed by atoms with E-state index in [-0.39, 0.29) is 5.56 Å². The number of hydrogen-bond donors (Lipinski definition) is 0. The molecule has 0 bridgehead atoms. The van der Waals surface area contributed by atoms with Gasteiger partial charge in [-0.25, -0.2) is 4.79 Å². The fraction of sp³-hybridized carbons (Fsp3) is 0.286. The fourth-order valence-corrected chi connectivity index (χ4v) is 3.31. The lowest BCUT2D eigenvalue weighted by atomic mass is 10.1. The molecule has 3 aromatic rings. The number of nitrogens with zero attached hydrogens (tertiary/aromatic N) is 1. The van der Waals surface area contributed by atoms with Crippen molar-refractivity contribution in [3.8, 4) is 28.7 Å². The summed E-state index contributed by atoms with van der Waals surface area (Å²) >= 11 is 0. The quantitative estimate of drug-likeness (QED) is 0.232. The molecule has 3 rings (SSSR count). The van der Waals surface area contributed by atoms with Crippen LogP contribution in [0.25, 0.3) is 12.2 Å². The minimum atomic E-state index is -0.559. The van der Waals surface area contributed by atoms with Gasteiger partial charge in [0.25, 0.3) is 0 Å². The van der Waals surface area contributed by atoms with Gasteiger partial charge in [0.15, 0.2) is 23.0 Å². The standard InChI is InChI=1S/C28H31NO6/c1-5-31-24-17-21(10-9-20-13-15-29-16-14-20)11-12-23(24)35-28(30)22-18-25(32-6-2)27(34-8-4)26(19-22)33-7-3/h9-19H,5-8H2,1-4H3/b10-9+. The first-order valence-corrected chi connectivity index (χ1v) is 11.7. The number of esters is 1. The van der Waals surface area contributed by atoms with E-state index in [1.807, 2.05) is 64.1 Å². The Morgan fingerprint density at radius 2 is 1.26 bits per heavy atom. The van der Waals surface area contributed by atoms with Gasteiger partial charge >= 0.3 is 5.97 Å². The van der Waals surface area contributed by atoms with Crippen LogP contribution in [0.5, 0.6) is 28.7 Å². The highest BCUT2D eigenvalue weighted by Crippen LogP contribution is 2.40. The summed E-state index contributed by atoms with van der Waals surface area (Å²) in [6.07, 6.45) is 7.41. The zero-order valence-electron chi connectivity index (χ0n) is 20.6.